The third-order valence-corrected chi connectivity index (χ3v) is 5.16. The highest BCUT2D eigenvalue weighted by molar-refractivity contribution is 14.1. The number of benzene rings is 1. The molecule has 0 aliphatic rings. The van der Waals surface area contributed by atoms with E-state index in [4.69, 9.17) is 23.2 Å². The number of halogens is 3. The van der Waals surface area contributed by atoms with Gasteiger partial charge in [-0.15, -0.1) is 17.9 Å². The highest BCUT2D eigenvalue weighted by atomic mass is 127. The average molecular weight is 452 g/mol. The van der Waals surface area contributed by atoms with Gasteiger partial charge in [0.25, 0.3) is 5.91 Å². The first kappa shape index (κ1) is 16.8. The average Bonchev–Trinajstić information content (AvgIpc) is 2.86. The minimum atomic E-state index is -0.0636. The predicted octanol–water partition coefficient (Wildman–Crippen LogP) is 5.49. The molecule has 0 radical (unpaired) electrons. The first-order chi connectivity index (χ1) is 10.0. The van der Waals surface area contributed by atoms with Gasteiger partial charge >= 0.3 is 0 Å². The number of hydrogen-bond acceptors (Lipinski definition) is 2. The first-order valence-electron chi connectivity index (χ1n) is 6.10. The number of nitrogens with zero attached hydrogens (tertiary/aromatic N) is 1. The van der Waals surface area contributed by atoms with E-state index < -0.39 is 0 Å². The Morgan fingerprint density at radius 2 is 2.10 bits per heavy atom. The molecule has 0 bridgehead atoms. The normalized spacial score (nSPS) is 10.4. The number of carbonyl (C=O) groups excluding carboxylic acids is 1. The van der Waals surface area contributed by atoms with Crippen LogP contribution >= 0.6 is 57.1 Å². The Labute approximate surface area is 151 Å². The maximum atomic E-state index is 12.7. The summed E-state index contributed by atoms with van der Waals surface area (Å²) in [6.45, 7) is 4.69. The number of thiophene rings is 1. The number of carbonyl (C=O) groups is 1. The van der Waals surface area contributed by atoms with Gasteiger partial charge in [-0.25, -0.2) is 0 Å². The smallest absolute Gasteiger partial charge is 0.255 e. The molecule has 2 nitrogen and oxygen atoms in total. The molecule has 0 unspecified atom stereocenters. The minimum Gasteiger partial charge on any atom is -0.330 e. The van der Waals surface area contributed by atoms with Crippen LogP contribution in [0.3, 0.4) is 0 Å². The fourth-order valence-corrected chi connectivity index (χ4v) is 3.67. The lowest BCUT2D eigenvalue weighted by molar-refractivity contribution is 0.0763. The van der Waals surface area contributed by atoms with Crippen LogP contribution in [0.5, 0.6) is 0 Å². The summed E-state index contributed by atoms with van der Waals surface area (Å²) in [5.74, 6) is -0.0636. The molecule has 110 valence electrons. The number of rotatable bonds is 5. The Morgan fingerprint density at radius 3 is 2.71 bits per heavy atom. The van der Waals surface area contributed by atoms with Crippen LogP contribution in [0.1, 0.15) is 15.2 Å². The zero-order valence-electron chi connectivity index (χ0n) is 11.0. The highest BCUT2D eigenvalue weighted by Gasteiger charge is 2.18. The molecule has 0 saturated heterocycles. The van der Waals surface area contributed by atoms with Crippen molar-refractivity contribution in [1.29, 1.82) is 0 Å². The van der Waals surface area contributed by atoms with Gasteiger partial charge in [-0.05, 0) is 52.9 Å². The van der Waals surface area contributed by atoms with Crippen LogP contribution in [0, 0.1) is 3.57 Å². The van der Waals surface area contributed by atoms with Gasteiger partial charge in [-0.1, -0.05) is 29.3 Å². The molecule has 0 spiro atoms. The summed E-state index contributed by atoms with van der Waals surface area (Å²) in [4.78, 5) is 15.5. The topological polar surface area (TPSA) is 20.3 Å². The molecule has 0 N–H and O–H groups in total. The molecule has 1 heterocycles. The second-order valence-electron chi connectivity index (χ2n) is 4.30. The van der Waals surface area contributed by atoms with Crippen LogP contribution in [0.15, 0.2) is 43.0 Å². The van der Waals surface area contributed by atoms with Crippen LogP contribution in [0.25, 0.3) is 0 Å². The molecule has 1 aromatic heterocycles. The van der Waals surface area contributed by atoms with E-state index in [-0.39, 0.29) is 5.91 Å². The van der Waals surface area contributed by atoms with Crippen LogP contribution < -0.4 is 0 Å². The monoisotopic (exact) mass is 451 g/mol. The second-order valence-corrected chi connectivity index (χ2v) is 7.70. The fraction of sp³-hybridized carbons (Fsp3) is 0.133. The maximum absolute atomic E-state index is 12.7. The summed E-state index contributed by atoms with van der Waals surface area (Å²) < 4.78 is 1.59. The Morgan fingerprint density at radius 1 is 1.33 bits per heavy atom. The van der Waals surface area contributed by atoms with Crippen molar-refractivity contribution in [2.45, 2.75) is 6.54 Å². The zero-order chi connectivity index (χ0) is 15.4. The van der Waals surface area contributed by atoms with E-state index in [2.05, 4.69) is 29.2 Å². The molecule has 2 aromatic rings. The summed E-state index contributed by atoms with van der Waals surface area (Å²) in [6, 6.07) is 9.07. The first-order valence-corrected chi connectivity index (χ1v) is 8.76. The van der Waals surface area contributed by atoms with Crippen molar-refractivity contribution in [2.24, 2.45) is 0 Å². The van der Waals surface area contributed by atoms with Crippen LogP contribution in [0.4, 0.5) is 0 Å². The molecule has 6 heteroatoms. The Bertz CT molecular complexity index is 671. The highest BCUT2D eigenvalue weighted by Crippen LogP contribution is 2.25. The molecule has 0 aliphatic carbocycles. The van der Waals surface area contributed by atoms with E-state index in [1.807, 2.05) is 18.2 Å². The molecule has 21 heavy (non-hydrogen) atoms. The summed E-state index contributed by atoms with van der Waals surface area (Å²) in [5.41, 5.74) is 0.604. The molecule has 0 atom stereocenters. The molecule has 0 fully saturated rings. The van der Waals surface area contributed by atoms with Crippen molar-refractivity contribution in [3.05, 3.63) is 66.4 Å². The number of amides is 1. The van der Waals surface area contributed by atoms with Gasteiger partial charge in [-0.2, -0.15) is 0 Å². The standard InChI is InChI=1S/C15H12Cl2INOS/c1-2-7-19(9-11-4-6-14(17)21-11)15(20)12-8-10(16)3-5-13(12)18/h2-6,8H,1,7,9H2. The van der Waals surface area contributed by atoms with Gasteiger partial charge in [0, 0.05) is 20.0 Å². The lowest BCUT2D eigenvalue weighted by atomic mass is 10.2. The van der Waals surface area contributed by atoms with E-state index in [9.17, 15) is 4.79 Å². The Hall–Kier alpha value is -0.560. The van der Waals surface area contributed by atoms with E-state index in [1.165, 1.54) is 11.3 Å². The van der Waals surface area contributed by atoms with E-state index >= 15 is 0 Å². The minimum absolute atomic E-state index is 0.0636. The van der Waals surface area contributed by atoms with Crippen molar-refractivity contribution in [1.82, 2.24) is 4.90 Å². The van der Waals surface area contributed by atoms with E-state index in [0.717, 1.165) is 8.45 Å². The summed E-state index contributed by atoms with van der Waals surface area (Å²) in [7, 11) is 0. The summed E-state index contributed by atoms with van der Waals surface area (Å²) in [6.07, 6.45) is 1.71. The molecule has 1 aromatic carbocycles. The van der Waals surface area contributed by atoms with Gasteiger partial charge in [0.2, 0.25) is 0 Å². The van der Waals surface area contributed by atoms with Gasteiger partial charge in [-0.3, -0.25) is 4.79 Å². The van der Waals surface area contributed by atoms with Gasteiger partial charge in [0.1, 0.15) is 0 Å². The molecule has 2 rings (SSSR count). The van der Waals surface area contributed by atoms with Crippen molar-refractivity contribution in [2.75, 3.05) is 6.54 Å². The van der Waals surface area contributed by atoms with Gasteiger partial charge < -0.3 is 4.90 Å². The van der Waals surface area contributed by atoms with Crippen LogP contribution in [-0.4, -0.2) is 17.4 Å². The number of hydrogen-bond donors (Lipinski definition) is 0. The summed E-state index contributed by atoms with van der Waals surface area (Å²) >= 11 is 15.5. The SMILES string of the molecule is C=CCN(Cc1ccc(Cl)s1)C(=O)c1cc(Cl)ccc1I. The maximum Gasteiger partial charge on any atom is 0.255 e. The second kappa shape index (κ2) is 7.63. The van der Waals surface area contributed by atoms with E-state index in [0.29, 0.717) is 28.0 Å². The molecule has 1 amide bonds. The predicted molar refractivity (Wildman–Crippen MR) is 98.4 cm³/mol. The van der Waals surface area contributed by atoms with Crippen molar-refractivity contribution < 1.29 is 4.79 Å². The Kier molecular flexibility index (Phi) is 6.10. The lowest BCUT2D eigenvalue weighted by Crippen LogP contribution is -2.31. The third kappa shape index (κ3) is 4.45. The van der Waals surface area contributed by atoms with Gasteiger partial charge in [0.15, 0.2) is 0 Å². The van der Waals surface area contributed by atoms with Crippen molar-refractivity contribution in [3.63, 3.8) is 0 Å². The molecular weight excluding hydrogens is 440 g/mol. The van der Waals surface area contributed by atoms with Crippen molar-refractivity contribution >= 4 is 63.0 Å². The van der Waals surface area contributed by atoms with Gasteiger partial charge in [0.05, 0.1) is 16.4 Å². The third-order valence-electron chi connectivity index (χ3n) is 2.77. The van der Waals surface area contributed by atoms with Crippen LogP contribution in [-0.2, 0) is 6.54 Å². The molecular formula is C15H12Cl2INOS. The zero-order valence-corrected chi connectivity index (χ0v) is 15.5. The van der Waals surface area contributed by atoms with E-state index in [1.54, 1.807) is 23.1 Å². The van der Waals surface area contributed by atoms with Crippen molar-refractivity contribution in [3.8, 4) is 0 Å². The molecule has 0 aliphatic heterocycles. The van der Waals surface area contributed by atoms with Crippen LogP contribution in [0.2, 0.25) is 9.36 Å². The fourth-order valence-electron chi connectivity index (χ4n) is 1.83. The molecule has 0 saturated carbocycles. The lowest BCUT2D eigenvalue weighted by Gasteiger charge is -2.21. The largest absolute Gasteiger partial charge is 0.330 e. The quantitative estimate of drug-likeness (QED) is 0.434. The Balaban J connectivity index is 2.26. The summed E-state index contributed by atoms with van der Waals surface area (Å²) in [5, 5.41) is 0.552.